The molecule has 0 saturated carbocycles. The third kappa shape index (κ3) is 2.49. The first kappa shape index (κ1) is 12.5. The molecule has 0 amide bonds. The molecule has 1 N–H and O–H groups in total. The Morgan fingerprint density at radius 2 is 2.00 bits per heavy atom. The number of pyridine rings is 1. The molecular weight excluding hydrogens is 229 g/mol. The number of anilines is 2. The van der Waals surface area contributed by atoms with Gasteiger partial charge in [0.2, 0.25) is 0 Å². The topological polar surface area (TPSA) is 28.2 Å². The van der Waals surface area contributed by atoms with Crippen LogP contribution in [0, 0.1) is 5.82 Å². The van der Waals surface area contributed by atoms with Crippen LogP contribution in [0.15, 0.2) is 42.6 Å². The van der Waals surface area contributed by atoms with Crippen molar-refractivity contribution in [3.63, 3.8) is 0 Å². The molecule has 0 aliphatic carbocycles. The Bertz CT molecular complexity index is 528. The van der Waals surface area contributed by atoms with Gasteiger partial charge in [0, 0.05) is 25.4 Å². The van der Waals surface area contributed by atoms with E-state index >= 15 is 0 Å². The Morgan fingerprint density at radius 3 is 2.72 bits per heavy atom. The lowest BCUT2D eigenvalue weighted by Gasteiger charge is -2.21. The first-order valence-corrected chi connectivity index (χ1v) is 5.81. The van der Waals surface area contributed by atoms with Crippen molar-refractivity contribution in [1.82, 2.24) is 10.3 Å². The van der Waals surface area contributed by atoms with E-state index in [1.54, 1.807) is 23.2 Å². The van der Waals surface area contributed by atoms with Crippen LogP contribution in [0.1, 0.15) is 5.56 Å². The summed E-state index contributed by atoms with van der Waals surface area (Å²) in [5.74, 6) is 0.512. The third-order valence-corrected chi connectivity index (χ3v) is 2.77. The number of hydrogen-bond donors (Lipinski definition) is 1. The maximum atomic E-state index is 13.8. The van der Waals surface area contributed by atoms with Gasteiger partial charge in [0.1, 0.15) is 11.6 Å². The zero-order chi connectivity index (χ0) is 13.0. The number of rotatable bonds is 4. The molecule has 1 aromatic heterocycles. The highest BCUT2D eigenvalue weighted by Gasteiger charge is 2.12. The second kappa shape index (κ2) is 5.60. The van der Waals surface area contributed by atoms with Crippen LogP contribution in [0.4, 0.5) is 15.9 Å². The number of para-hydroxylation sites is 1. The summed E-state index contributed by atoms with van der Waals surface area (Å²) in [4.78, 5) is 6.10. The minimum Gasteiger partial charge on any atom is -0.327 e. The number of nitrogens with zero attached hydrogens (tertiary/aromatic N) is 2. The lowest BCUT2D eigenvalue weighted by atomic mass is 10.2. The standard InChI is InChI=1S/C14H16FN3/c1-16-10-11-6-5-9-17-14(11)18(2)13-8-4-3-7-12(13)15/h3-9,16H,10H2,1-2H3. The van der Waals surface area contributed by atoms with Gasteiger partial charge in [-0.15, -0.1) is 0 Å². The van der Waals surface area contributed by atoms with E-state index in [-0.39, 0.29) is 5.82 Å². The molecule has 3 nitrogen and oxygen atoms in total. The number of hydrogen-bond acceptors (Lipinski definition) is 3. The Labute approximate surface area is 106 Å². The molecule has 0 aliphatic heterocycles. The van der Waals surface area contributed by atoms with Gasteiger partial charge in [-0.3, -0.25) is 0 Å². The summed E-state index contributed by atoms with van der Waals surface area (Å²) in [5.41, 5.74) is 1.55. The van der Waals surface area contributed by atoms with Gasteiger partial charge in [-0.1, -0.05) is 18.2 Å². The van der Waals surface area contributed by atoms with Crippen molar-refractivity contribution in [1.29, 1.82) is 0 Å². The highest BCUT2D eigenvalue weighted by Crippen LogP contribution is 2.26. The molecule has 0 unspecified atom stereocenters. The molecule has 0 fully saturated rings. The summed E-state index contributed by atoms with van der Waals surface area (Å²) in [5, 5.41) is 3.08. The van der Waals surface area contributed by atoms with Crippen molar-refractivity contribution in [2.75, 3.05) is 19.0 Å². The lowest BCUT2D eigenvalue weighted by Crippen LogP contribution is -2.17. The summed E-state index contributed by atoms with van der Waals surface area (Å²) < 4.78 is 13.8. The average Bonchev–Trinajstić information content (AvgIpc) is 2.40. The van der Waals surface area contributed by atoms with Gasteiger partial charge < -0.3 is 10.2 Å². The Morgan fingerprint density at radius 1 is 1.22 bits per heavy atom. The number of benzene rings is 1. The van der Waals surface area contributed by atoms with Crippen LogP contribution >= 0.6 is 0 Å². The van der Waals surface area contributed by atoms with Crippen molar-refractivity contribution in [3.8, 4) is 0 Å². The molecule has 18 heavy (non-hydrogen) atoms. The minimum absolute atomic E-state index is 0.249. The second-order valence-electron chi connectivity index (χ2n) is 4.03. The maximum absolute atomic E-state index is 13.8. The summed E-state index contributed by atoms with van der Waals surface area (Å²) in [6.45, 7) is 0.696. The predicted octanol–water partition coefficient (Wildman–Crippen LogP) is 2.71. The van der Waals surface area contributed by atoms with Crippen molar-refractivity contribution >= 4 is 11.5 Å². The lowest BCUT2D eigenvalue weighted by molar-refractivity contribution is 0.627. The first-order chi connectivity index (χ1) is 8.74. The van der Waals surface area contributed by atoms with E-state index < -0.39 is 0 Å². The number of nitrogens with one attached hydrogen (secondary N) is 1. The molecular formula is C14H16FN3. The molecule has 1 heterocycles. The van der Waals surface area contributed by atoms with Crippen molar-refractivity contribution in [2.24, 2.45) is 0 Å². The molecule has 2 aromatic rings. The smallest absolute Gasteiger partial charge is 0.146 e. The molecule has 0 radical (unpaired) electrons. The largest absolute Gasteiger partial charge is 0.327 e. The van der Waals surface area contributed by atoms with Crippen molar-refractivity contribution in [2.45, 2.75) is 6.54 Å². The van der Waals surface area contributed by atoms with Crippen LogP contribution in [0.2, 0.25) is 0 Å². The van der Waals surface area contributed by atoms with E-state index in [1.807, 2.05) is 32.3 Å². The van der Waals surface area contributed by atoms with Crippen molar-refractivity contribution < 1.29 is 4.39 Å². The zero-order valence-electron chi connectivity index (χ0n) is 10.5. The van der Waals surface area contributed by atoms with Gasteiger partial charge in [-0.2, -0.15) is 0 Å². The average molecular weight is 245 g/mol. The normalized spacial score (nSPS) is 10.4. The van der Waals surface area contributed by atoms with Crippen LogP contribution in [0.3, 0.4) is 0 Å². The summed E-state index contributed by atoms with van der Waals surface area (Å²) in [6, 6.07) is 10.6. The van der Waals surface area contributed by atoms with Crippen LogP contribution in [0.25, 0.3) is 0 Å². The number of aromatic nitrogens is 1. The first-order valence-electron chi connectivity index (χ1n) is 5.81. The van der Waals surface area contributed by atoms with Crippen molar-refractivity contribution in [3.05, 3.63) is 54.0 Å². The molecule has 4 heteroatoms. The summed E-state index contributed by atoms with van der Waals surface area (Å²) in [6.07, 6.45) is 1.71. The monoisotopic (exact) mass is 245 g/mol. The SMILES string of the molecule is CNCc1cccnc1N(C)c1ccccc1F. The highest BCUT2D eigenvalue weighted by atomic mass is 19.1. The number of halogens is 1. The summed E-state index contributed by atoms with van der Waals surface area (Å²) >= 11 is 0. The van der Waals surface area contributed by atoms with Gasteiger partial charge in [-0.05, 0) is 25.2 Å². The van der Waals surface area contributed by atoms with Crippen LogP contribution in [0.5, 0.6) is 0 Å². The van der Waals surface area contributed by atoms with Gasteiger partial charge in [0.15, 0.2) is 0 Å². The van der Waals surface area contributed by atoms with E-state index in [4.69, 9.17) is 0 Å². The van der Waals surface area contributed by atoms with Gasteiger partial charge in [-0.25, -0.2) is 9.37 Å². The molecule has 2 rings (SSSR count). The van der Waals surface area contributed by atoms with Crippen LogP contribution in [-0.2, 0) is 6.54 Å². The highest BCUT2D eigenvalue weighted by molar-refractivity contribution is 5.62. The fourth-order valence-electron chi connectivity index (χ4n) is 1.90. The van der Waals surface area contributed by atoms with Gasteiger partial charge >= 0.3 is 0 Å². The molecule has 0 atom stereocenters. The van der Waals surface area contributed by atoms with E-state index in [0.29, 0.717) is 12.2 Å². The molecule has 0 aliphatic rings. The Balaban J connectivity index is 2.40. The fraction of sp³-hybridized carbons (Fsp3) is 0.214. The van der Waals surface area contributed by atoms with E-state index in [9.17, 15) is 4.39 Å². The van der Waals surface area contributed by atoms with E-state index in [1.165, 1.54) is 6.07 Å². The predicted molar refractivity (Wildman–Crippen MR) is 71.5 cm³/mol. The molecule has 0 spiro atoms. The zero-order valence-corrected chi connectivity index (χ0v) is 10.5. The maximum Gasteiger partial charge on any atom is 0.146 e. The molecule has 94 valence electrons. The van der Waals surface area contributed by atoms with E-state index in [2.05, 4.69) is 10.3 Å². The third-order valence-electron chi connectivity index (χ3n) is 2.77. The quantitative estimate of drug-likeness (QED) is 0.897. The Hall–Kier alpha value is -1.94. The fourth-order valence-corrected chi connectivity index (χ4v) is 1.90. The van der Waals surface area contributed by atoms with Gasteiger partial charge in [0.05, 0.1) is 5.69 Å². The van der Waals surface area contributed by atoms with Crippen LogP contribution in [-0.4, -0.2) is 19.1 Å². The molecule has 1 aromatic carbocycles. The van der Waals surface area contributed by atoms with E-state index in [0.717, 1.165) is 11.4 Å². The van der Waals surface area contributed by atoms with Crippen LogP contribution < -0.4 is 10.2 Å². The van der Waals surface area contributed by atoms with Gasteiger partial charge in [0.25, 0.3) is 0 Å². The molecule has 0 bridgehead atoms. The molecule has 0 saturated heterocycles. The Kier molecular flexibility index (Phi) is 3.89. The second-order valence-corrected chi connectivity index (χ2v) is 4.03. The summed E-state index contributed by atoms with van der Waals surface area (Å²) in [7, 11) is 3.69. The minimum atomic E-state index is -0.249.